The lowest BCUT2D eigenvalue weighted by atomic mass is 10.0. The van der Waals surface area contributed by atoms with Gasteiger partial charge in [0.1, 0.15) is 11.6 Å². The Kier molecular flexibility index (Phi) is 5.88. The summed E-state index contributed by atoms with van der Waals surface area (Å²) in [5, 5.41) is 11.9. The number of aliphatic carboxylic acids is 1. The zero-order valence-electron chi connectivity index (χ0n) is 13.5. The number of hydrogen-bond donors (Lipinski definition) is 2. The van der Waals surface area contributed by atoms with Crippen LogP contribution in [-0.2, 0) is 9.53 Å². The summed E-state index contributed by atoms with van der Waals surface area (Å²) >= 11 is 1.39. The Morgan fingerprint density at radius 3 is 2.14 bits per heavy atom. The summed E-state index contributed by atoms with van der Waals surface area (Å²) in [5.74, 6) is -1.10. The number of carboxylic acids is 1. The molecule has 0 bridgehead atoms. The van der Waals surface area contributed by atoms with Crippen molar-refractivity contribution in [2.24, 2.45) is 0 Å². The highest BCUT2D eigenvalue weighted by Crippen LogP contribution is 2.35. The van der Waals surface area contributed by atoms with Crippen molar-refractivity contribution in [2.75, 3.05) is 0 Å². The quantitative estimate of drug-likeness (QED) is 0.810. The molecule has 6 heteroatoms. The smallest absolute Gasteiger partial charge is 0.408 e. The molecule has 1 aromatic carbocycles. The third kappa shape index (κ3) is 5.97. The second kappa shape index (κ2) is 7.05. The standard InChI is InChI=1S/C16H23NO4S/c1-15(2,3)21-14(20)17-12(13(18)19)16(4,5)22-11-9-7-6-8-10-11/h6-10,12H,1-5H3,(H,17,20)(H,18,19). The number of carbonyl (C=O) groups is 2. The SMILES string of the molecule is CC(C)(C)OC(=O)NC(C(=O)O)C(C)(C)Sc1ccccc1. The second-order valence-electron chi connectivity index (χ2n) is 6.44. The number of carboxylic acid groups (broad SMARTS) is 1. The van der Waals surface area contributed by atoms with Crippen LogP contribution < -0.4 is 5.32 Å². The Morgan fingerprint density at radius 2 is 1.68 bits per heavy atom. The Morgan fingerprint density at radius 1 is 1.14 bits per heavy atom. The van der Waals surface area contributed by atoms with Gasteiger partial charge in [-0.2, -0.15) is 0 Å². The predicted molar refractivity (Wildman–Crippen MR) is 87.2 cm³/mol. The molecule has 1 aromatic rings. The molecular weight excluding hydrogens is 302 g/mol. The van der Waals surface area contributed by atoms with Gasteiger partial charge in [0, 0.05) is 9.64 Å². The lowest BCUT2D eigenvalue weighted by Crippen LogP contribution is -2.53. The van der Waals surface area contributed by atoms with Crippen LogP contribution in [-0.4, -0.2) is 33.6 Å². The first-order valence-corrected chi connectivity index (χ1v) is 7.79. The van der Waals surface area contributed by atoms with Crippen LogP contribution in [0, 0.1) is 0 Å². The van der Waals surface area contributed by atoms with E-state index >= 15 is 0 Å². The molecule has 0 spiro atoms. The van der Waals surface area contributed by atoms with Crippen LogP contribution in [0.1, 0.15) is 34.6 Å². The summed E-state index contributed by atoms with van der Waals surface area (Å²) in [7, 11) is 0. The highest BCUT2D eigenvalue weighted by atomic mass is 32.2. The third-order valence-corrected chi connectivity index (χ3v) is 4.00. The van der Waals surface area contributed by atoms with E-state index in [-0.39, 0.29) is 0 Å². The number of alkyl carbamates (subject to hydrolysis) is 1. The molecule has 0 aromatic heterocycles. The highest BCUT2D eigenvalue weighted by Gasteiger charge is 2.38. The van der Waals surface area contributed by atoms with Crippen molar-refractivity contribution < 1.29 is 19.4 Å². The minimum absolute atomic E-state index is 0.677. The fourth-order valence-corrected chi connectivity index (χ4v) is 2.99. The van der Waals surface area contributed by atoms with Crippen LogP contribution in [0.15, 0.2) is 35.2 Å². The summed E-state index contributed by atoms with van der Waals surface area (Å²) < 4.78 is 4.40. The maximum Gasteiger partial charge on any atom is 0.408 e. The monoisotopic (exact) mass is 325 g/mol. The molecule has 5 nitrogen and oxygen atoms in total. The minimum Gasteiger partial charge on any atom is -0.480 e. The zero-order valence-corrected chi connectivity index (χ0v) is 14.4. The van der Waals surface area contributed by atoms with Gasteiger partial charge in [0.05, 0.1) is 0 Å². The summed E-state index contributed by atoms with van der Waals surface area (Å²) in [4.78, 5) is 24.4. The number of benzene rings is 1. The third-order valence-electron chi connectivity index (χ3n) is 2.73. The first-order chi connectivity index (χ1) is 10.0. The average molecular weight is 325 g/mol. The summed E-state index contributed by atoms with van der Waals surface area (Å²) in [6.07, 6.45) is -0.735. The Hall–Kier alpha value is -1.69. The van der Waals surface area contributed by atoms with E-state index in [0.717, 1.165) is 4.90 Å². The summed E-state index contributed by atoms with van der Waals surface area (Å²) in [6, 6.07) is 8.39. The first-order valence-electron chi connectivity index (χ1n) is 6.98. The van der Waals surface area contributed by atoms with E-state index in [1.165, 1.54) is 11.8 Å². The van der Waals surface area contributed by atoms with Crippen molar-refractivity contribution >= 4 is 23.8 Å². The van der Waals surface area contributed by atoms with Crippen LogP contribution in [0.4, 0.5) is 4.79 Å². The van der Waals surface area contributed by atoms with E-state index in [4.69, 9.17) is 4.74 Å². The number of thioether (sulfide) groups is 1. The van der Waals surface area contributed by atoms with E-state index in [0.29, 0.717) is 0 Å². The molecule has 0 aliphatic carbocycles. The van der Waals surface area contributed by atoms with Crippen molar-refractivity contribution in [2.45, 2.75) is 55.9 Å². The van der Waals surface area contributed by atoms with Gasteiger partial charge in [-0.3, -0.25) is 0 Å². The molecule has 1 unspecified atom stereocenters. The number of amides is 1. The molecule has 122 valence electrons. The normalized spacial score (nSPS) is 13.3. The van der Waals surface area contributed by atoms with Gasteiger partial charge in [-0.15, -0.1) is 11.8 Å². The van der Waals surface area contributed by atoms with Crippen LogP contribution in [0.3, 0.4) is 0 Å². The molecule has 0 fully saturated rings. The molecule has 22 heavy (non-hydrogen) atoms. The molecule has 1 atom stereocenters. The Labute approximate surface area is 135 Å². The number of ether oxygens (including phenoxy) is 1. The van der Waals surface area contributed by atoms with Gasteiger partial charge in [0.15, 0.2) is 0 Å². The lowest BCUT2D eigenvalue weighted by molar-refractivity contribution is -0.140. The zero-order chi connectivity index (χ0) is 17.0. The second-order valence-corrected chi connectivity index (χ2v) is 8.16. The van der Waals surface area contributed by atoms with Gasteiger partial charge < -0.3 is 15.2 Å². The number of carbonyl (C=O) groups excluding carboxylic acids is 1. The van der Waals surface area contributed by atoms with E-state index in [1.807, 2.05) is 30.3 Å². The fourth-order valence-electron chi connectivity index (χ4n) is 1.81. The summed E-state index contributed by atoms with van der Waals surface area (Å²) in [6.45, 7) is 8.74. The van der Waals surface area contributed by atoms with E-state index < -0.39 is 28.5 Å². The first kappa shape index (κ1) is 18.4. The van der Waals surface area contributed by atoms with E-state index in [1.54, 1.807) is 34.6 Å². The Balaban J connectivity index is 2.85. The van der Waals surface area contributed by atoms with Crippen LogP contribution in [0.2, 0.25) is 0 Å². The molecular formula is C16H23NO4S. The van der Waals surface area contributed by atoms with Crippen LogP contribution in [0.25, 0.3) is 0 Å². The maximum absolute atomic E-state index is 11.9. The van der Waals surface area contributed by atoms with E-state index in [2.05, 4.69) is 5.32 Å². The predicted octanol–water partition coefficient (Wildman–Crippen LogP) is 3.54. The number of rotatable bonds is 5. The lowest BCUT2D eigenvalue weighted by Gasteiger charge is -2.32. The maximum atomic E-state index is 11.9. The fraction of sp³-hybridized carbons (Fsp3) is 0.500. The molecule has 0 heterocycles. The Bertz CT molecular complexity index is 523. The highest BCUT2D eigenvalue weighted by molar-refractivity contribution is 8.00. The molecule has 0 radical (unpaired) electrons. The van der Waals surface area contributed by atoms with Crippen molar-refractivity contribution in [3.05, 3.63) is 30.3 Å². The van der Waals surface area contributed by atoms with Crippen molar-refractivity contribution in [1.29, 1.82) is 0 Å². The van der Waals surface area contributed by atoms with Gasteiger partial charge in [0.25, 0.3) is 0 Å². The van der Waals surface area contributed by atoms with Gasteiger partial charge in [-0.1, -0.05) is 18.2 Å². The molecule has 0 saturated heterocycles. The van der Waals surface area contributed by atoms with E-state index in [9.17, 15) is 14.7 Å². The van der Waals surface area contributed by atoms with Gasteiger partial charge in [-0.05, 0) is 46.8 Å². The van der Waals surface area contributed by atoms with Crippen LogP contribution in [0.5, 0.6) is 0 Å². The largest absolute Gasteiger partial charge is 0.480 e. The number of hydrogen-bond acceptors (Lipinski definition) is 4. The molecule has 1 rings (SSSR count). The topological polar surface area (TPSA) is 75.6 Å². The van der Waals surface area contributed by atoms with Crippen molar-refractivity contribution in [1.82, 2.24) is 5.32 Å². The molecule has 0 aliphatic rings. The van der Waals surface area contributed by atoms with Gasteiger partial charge in [0.2, 0.25) is 0 Å². The average Bonchev–Trinajstić information content (AvgIpc) is 2.34. The van der Waals surface area contributed by atoms with Crippen LogP contribution >= 0.6 is 11.8 Å². The summed E-state index contributed by atoms with van der Waals surface area (Å²) in [5.41, 5.74) is -0.677. The van der Waals surface area contributed by atoms with Gasteiger partial charge in [-0.25, -0.2) is 9.59 Å². The molecule has 2 N–H and O–H groups in total. The van der Waals surface area contributed by atoms with Crippen molar-refractivity contribution in [3.63, 3.8) is 0 Å². The molecule has 0 saturated carbocycles. The number of nitrogens with one attached hydrogen (secondary N) is 1. The van der Waals surface area contributed by atoms with Gasteiger partial charge >= 0.3 is 12.1 Å². The van der Waals surface area contributed by atoms with Crippen molar-refractivity contribution in [3.8, 4) is 0 Å². The molecule has 1 amide bonds. The minimum atomic E-state index is -1.10. The molecule has 0 aliphatic heterocycles.